The van der Waals surface area contributed by atoms with Gasteiger partial charge in [0.1, 0.15) is 0 Å². The molecule has 0 aromatic carbocycles. The first kappa shape index (κ1) is 14.7. The van der Waals surface area contributed by atoms with Crippen molar-refractivity contribution in [3.05, 3.63) is 35.5 Å². The maximum Gasteiger partial charge on any atom is 0.328 e. The van der Waals surface area contributed by atoms with E-state index in [9.17, 15) is 4.79 Å². The number of hydrogen-bond donors (Lipinski definition) is 1. The van der Waals surface area contributed by atoms with Crippen LogP contribution in [0, 0.1) is 5.92 Å². The minimum atomic E-state index is -0.889. The number of hydrogen-bond acceptors (Lipinski definition) is 1. The van der Waals surface area contributed by atoms with Gasteiger partial charge >= 0.3 is 5.97 Å². The summed E-state index contributed by atoms with van der Waals surface area (Å²) >= 11 is 0. The van der Waals surface area contributed by atoms with Crippen LogP contribution in [0.3, 0.4) is 0 Å². The van der Waals surface area contributed by atoms with Gasteiger partial charge in [0.25, 0.3) is 0 Å². The summed E-state index contributed by atoms with van der Waals surface area (Å²) in [5.74, 6) is -0.288. The van der Waals surface area contributed by atoms with Crippen molar-refractivity contribution in [2.24, 2.45) is 5.92 Å². The molecule has 0 aromatic heterocycles. The number of carbonyl (C=O) groups is 1. The highest BCUT2D eigenvalue weighted by Crippen LogP contribution is 2.11. The van der Waals surface area contributed by atoms with Gasteiger partial charge in [-0.3, -0.25) is 0 Å². The molecule has 0 heterocycles. The lowest BCUT2D eigenvalue weighted by molar-refractivity contribution is -0.131. The van der Waals surface area contributed by atoms with Crippen LogP contribution in [0.15, 0.2) is 35.5 Å². The second-order valence-electron chi connectivity index (χ2n) is 4.49. The van der Waals surface area contributed by atoms with Crippen LogP contribution in [0.25, 0.3) is 0 Å². The van der Waals surface area contributed by atoms with Crippen molar-refractivity contribution in [2.75, 3.05) is 0 Å². The molecule has 0 bridgehead atoms. The highest BCUT2D eigenvalue weighted by molar-refractivity contribution is 5.81. The van der Waals surface area contributed by atoms with Crippen LogP contribution >= 0.6 is 0 Å². The van der Waals surface area contributed by atoms with Crippen molar-refractivity contribution in [2.45, 2.75) is 40.5 Å². The van der Waals surface area contributed by atoms with Crippen LogP contribution in [0.2, 0.25) is 0 Å². The van der Waals surface area contributed by atoms with Crippen molar-refractivity contribution < 1.29 is 9.90 Å². The van der Waals surface area contributed by atoms with Gasteiger partial charge in [-0.1, -0.05) is 30.7 Å². The molecule has 0 aliphatic carbocycles. The lowest BCUT2D eigenvalue weighted by Gasteiger charge is -2.04. The lowest BCUT2D eigenvalue weighted by Crippen LogP contribution is -1.91. The summed E-state index contributed by atoms with van der Waals surface area (Å²) in [4.78, 5) is 10.4. The van der Waals surface area contributed by atoms with Crippen molar-refractivity contribution in [3.8, 4) is 0 Å². The van der Waals surface area contributed by atoms with Crippen LogP contribution in [-0.2, 0) is 4.79 Å². The summed E-state index contributed by atoms with van der Waals surface area (Å²) in [5, 5.41) is 8.52. The van der Waals surface area contributed by atoms with E-state index in [1.807, 2.05) is 12.2 Å². The topological polar surface area (TPSA) is 37.3 Å². The fourth-order valence-corrected chi connectivity index (χ4v) is 1.26. The monoisotopic (exact) mass is 222 g/mol. The third kappa shape index (κ3) is 9.25. The minimum Gasteiger partial charge on any atom is -0.478 e. The van der Waals surface area contributed by atoms with E-state index in [0.29, 0.717) is 5.92 Å². The Morgan fingerprint density at radius 2 is 1.88 bits per heavy atom. The molecule has 0 amide bonds. The first-order valence-electron chi connectivity index (χ1n) is 5.63. The zero-order chi connectivity index (χ0) is 12.6. The zero-order valence-electron chi connectivity index (χ0n) is 10.7. The first-order valence-corrected chi connectivity index (χ1v) is 5.63. The molecule has 0 fully saturated rings. The molecule has 0 aliphatic rings. The summed E-state index contributed by atoms with van der Waals surface area (Å²) < 4.78 is 0. The molecule has 1 N–H and O–H groups in total. The van der Waals surface area contributed by atoms with Gasteiger partial charge in [-0.05, 0) is 45.1 Å². The fourth-order valence-electron chi connectivity index (χ4n) is 1.26. The van der Waals surface area contributed by atoms with Gasteiger partial charge in [0.05, 0.1) is 0 Å². The van der Waals surface area contributed by atoms with Crippen LogP contribution in [-0.4, -0.2) is 11.1 Å². The van der Waals surface area contributed by atoms with E-state index >= 15 is 0 Å². The molecule has 2 nitrogen and oxygen atoms in total. The Morgan fingerprint density at radius 1 is 1.25 bits per heavy atom. The van der Waals surface area contributed by atoms with Crippen molar-refractivity contribution in [1.82, 2.24) is 0 Å². The van der Waals surface area contributed by atoms with Gasteiger partial charge in [-0.25, -0.2) is 4.79 Å². The molecule has 0 saturated heterocycles. The van der Waals surface area contributed by atoms with Crippen molar-refractivity contribution in [3.63, 3.8) is 0 Å². The third-order valence-corrected chi connectivity index (χ3v) is 2.20. The number of allylic oxidation sites excluding steroid dienone is 5. The van der Waals surface area contributed by atoms with Crippen LogP contribution in [0.4, 0.5) is 0 Å². The van der Waals surface area contributed by atoms with E-state index in [4.69, 9.17) is 5.11 Å². The average Bonchev–Trinajstić information content (AvgIpc) is 2.13. The Hall–Kier alpha value is -1.31. The normalized spacial score (nSPS) is 13.9. The molecule has 0 rings (SSSR count). The SMILES string of the molecule is CC(C)=CCC(C)C/C=C/C(C)=C/C(=O)O. The predicted molar refractivity (Wildman–Crippen MR) is 68.4 cm³/mol. The van der Waals surface area contributed by atoms with Gasteiger partial charge in [0.2, 0.25) is 0 Å². The summed E-state index contributed by atoms with van der Waals surface area (Å²) in [7, 11) is 0. The third-order valence-electron chi connectivity index (χ3n) is 2.20. The van der Waals surface area contributed by atoms with Gasteiger partial charge in [0, 0.05) is 6.08 Å². The molecule has 0 aliphatic heterocycles. The van der Waals surface area contributed by atoms with E-state index in [1.165, 1.54) is 11.6 Å². The molecule has 2 heteroatoms. The van der Waals surface area contributed by atoms with E-state index in [1.54, 1.807) is 6.92 Å². The number of aliphatic carboxylic acids is 1. The van der Waals surface area contributed by atoms with Crippen LogP contribution in [0.5, 0.6) is 0 Å². The molecule has 90 valence electrons. The number of rotatable bonds is 6. The molecular weight excluding hydrogens is 200 g/mol. The Balaban J connectivity index is 4.00. The smallest absolute Gasteiger partial charge is 0.328 e. The minimum absolute atomic E-state index is 0.601. The number of carboxylic acid groups (broad SMARTS) is 1. The van der Waals surface area contributed by atoms with Crippen LogP contribution < -0.4 is 0 Å². The molecule has 1 atom stereocenters. The quantitative estimate of drug-likeness (QED) is 0.419. The van der Waals surface area contributed by atoms with E-state index < -0.39 is 5.97 Å². The molecule has 0 spiro atoms. The Morgan fingerprint density at radius 3 is 2.38 bits per heavy atom. The van der Waals surface area contributed by atoms with Crippen molar-refractivity contribution in [1.29, 1.82) is 0 Å². The highest BCUT2D eigenvalue weighted by Gasteiger charge is 1.96. The standard InChI is InChI=1S/C14H22O2/c1-11(2)8-9-12(3)6-5-7-13(4)10-14(15)16/h5,7-8,10,12H,6,9H2,1-4H3,(H,15,16)/b7-5+,13-10+. The van der Waals surface area contributed by atoms with Gasteiger partial charge in [-0.15, -0.1) is 0 Å². The predicted octanol–water partition coefficient (Wildman–Crippen LogP) is 3.96. The molecule has 1 unspecified atom stereocenters. The molecule has 0 aromatic rings. The molecule has 16 heavy (non-hydrogen) atoms. The Kier molecular flexibility index (Phi) is 7.27. The van der Waals surface area contributed by atoms with Crippen LogP contribution in [0.1, 0.15) is 40.5 Å². The summed E-state index contributed by atoms with van der Waals surface area (Å²) in [6.45, 7) is 8.19. The second kappa shape index (κ2) is 7.91. The molecular formula is C14H22O2. The summed E-state index contributed by atoms with van der Waals surface area (Å²) in [5.41, 5.74) is 2.12. The number of carboxylic acids is 1. The first-order chi connectivity index (χ1) is 7.41. The second-order valence-corrected chi connectivity index (χ2v) is 4.49. The molecule has 0 radical (unpaired) electrons. The van der Waals surface area contributed by atoms with Gasteiger partial charge in [-0.2, -0.15) is 0 Å². The molecule has 0 saturated carbocycles. The maximum atomic E-state index is 10.4. The fraction of sp³-hybridized carbons (Fsp3) is 0.500. The summed E-state index contributed by atoms with van der Waals surface area (Å²) in [6, 6.07) is 0. The van der Waals surface area contributed by atoms with E-state index in [2.05, 4.69) is 26.8 Å². The maximum absolute atomic E-state index is 10.4. The highest BCUT2D eigenvalue weighted by atomic mass is 16.4. The van der Waals surface area contributed by atoms with Crippen molar-refractivity contribution >= 4 is 5.97 Å². The lowest BCUT2D eigenvalue weighted by atomic mass is 10.0. The zero-order valence-corrected chi connectivity index (χ0v) is 10.7. The largest absolute Gasteiger partial charge is 0.478 e. The van der Waals surface area contributed by atoms with Gasteiger partial charge < -0.3 is 5.11 Å². The Bertz CT molecular complexity index is 305. The van der Waals surface area contributed by atoms with E-state index in [0.717, 1.165) is 18.4 Å². The Labute approximate surface area is 98.4 Å². The van der Waals surface area contributed by atoms with E-state index in [-0.39, 0.29) is 0 Å². The summed E-state index contributed by atoms with van der Waals surface area (Å²) in [6.07, 6.45) is 9.42. The van der Waals surface area contributed by atoms with Gasteiger partial charge in [0.15, 0.2) is 0 Å². The average molecular weight is 222 g/mol.